The lowest BCUT2D eigenvalue weighted by atomic mass is 10.0. The topological polar surface area (TPSA) is 81.1 Å². The van der Waals surface area contributed by atoms with Gasteiger partial charge in [0.2, 0.25) is 5.91 Å². The van der Waals surface area contributed by atoms with Gasteiger partial charge in [0.1, 0.15) is 17.5 Å². The SMILES string of the molecule is COc1ccc(OC)c([C@@H]2CCC[NH+]2CC(=O)Nc2ccc(NC(C)=O)cc2)c1. The molecular weight excluding hydrogens is 370 g/mol. The van der Waals surface area contributed by atoms with Crippen molar-refractivity contribution in [2.24, 2.45) is 0 Å². The van der Waals surface area contributed by atoms with E-state index in [1.807, 2.05) is 18.2 Å². The fourth-order valence-corrected chi connectivity index (χ4v) is 3.86. The average molecular weight is 398 g/mol. The van der Waals surface area contributed by atoms with E-state index in [0.717, 1.165) is 36.4 Å². The predicted octanol–water partition coefficient (Wildman–Crippen LogP) is 2.02. The molecule has 1 saturated heterocycles. The van der Waals surface area contributed by atoms with Crippen molar-refractivity contribution in [2.45, 2.75) is 25.8 Å². The third-order valence-electron chi connectivity index (χ3n) is 5.17. The second-order valence-electron chi connectivity index (χ2n) is 7.19. The van der Waals surface area contributed by atoms with E-state index in [9.17, 15) is 9.59 Å². The number of nitrogens with one attached hydrogen (secondary N) is 3. The molecule has 29 heavy (non-hydrogen) atoms. The van der Waals surface area contributed by atoms with Gasteiger partial charge in [-0.25, -0.2) is 0 Å². The summed E-state index contributed by atoms with van der Waals surface area (Å²) in [5.74, 6) is 1.44. The van der Waals surface area contributed by atoms with Crippen LogP contribution in [0.2, 0.25) is 0 Å². The highest BCUT2D eigenvalue weighted by Crippen LogP contribution is 2.31. The Labute approximate surface area is 171 Å². The van der Waals surface area contributed by atoms with Gasteiger partial charge in [-0.2, -0.15) is 0 Å². The zero-order valence-electron chi connectivity index (χ0n) is 17.1. The maximum atomic E-state index is 12.6. The monoisotopic (exact) mass is 398 g/mol. The van der Waals surface area contributed by atoms with Gasteiger partial charge in [-0.05, 0) is 42.5 Å². The van der Waals surface area contributed by atoms with Crippen LogP contribution in [0.3, 0.4) is 0 Å². The zero-order valence-corrected chi connectivity index (χ0v) is 17.1. The van der Waals surface area contributed by atoms with Gasteiger partial charge in [-0.1, -0.05) is 0 Å². The van der Waals surface area contributed by atoms with Gasteiger partial charge in [-0.3, -0.25) is 9.59 Å². The zero-order chi connectivity index (χ0) is 20.8. The van der Waals surface area contributed by atoms with Crippen LogP contribution in [0, 0.1) is 0 Å². The van der Waals surface area contributed by atoms with E-state index in [1.165, 1.54) is 11.8 Å². The molecule has 2 aromatic carbocycles. The molecule has 2 amide bonds. The number of carbonyl (C=O) groups is 2. The molecule has 1 aliphatic heterocycles. The number of hydrogen-bond acceptors (Lipinski definition) is 4. The molecule has 0 aliphatic carbocycles. The third-order valence-corrected chi connectivity index (χ3v) is 5.17. The van der Waals surface area contributed by atoms with E-state index in [2.05, 4.69) is 10.6 Å². The second kappa shape index (κ2) is 9.43. The second-order valence-corrected chi connectivity index (χ2v) is 7.19. The third kappa shape index (κ3) is 5.26. The first-order valence-electron chi connectivity index (χ1n) is 9.74. The molecule has 0 bridgehead atoms. The van der Waals surface area contributed by atoms with Crippen LogP contribution in [0.25, 0.3) is 0 Å². The number of amides is 2. The number of anilines is 2. The van der Waals surface area contributed by atoms with Gasteiger partial charge in [0.25, 0.3) is 5.91 Å². The molecule has 7 nitrogen and oxygen atoms in total. The summed E-state index contributed by atoms with van der Waals surface area (Å²) < 4.78 is 10.9. The Balaban J connectivity index is 1.66. The Morgan fingerprint density at radius 1 is 1.03 bits per heavy atom. The minimum absolute atomic E-state index is 0.0407. The maximum absolute atomic E-state index is 12.6. The Kier molecular flexibility index (Phi) is 6.72. The summed E-state index contributed by atoms with van der Waals surface area (Å²) in [6, 6.07) is 13.1. The first kappa shape index (κ1) is 20.7. The number of ether oxygens (including phenoxy) is 2. The highest BCUT2D eigenvalue weighted by molar-refractivity contribution is 5.92. The Hall–Kier alpha value is -3.06. The smallest absolute Gasteiger partial charge is 0.279 e. The van der Waals surface area contributed by atoms with E-state index in [-0.39, 0.29) is 17.9 Å². The molecule has 2 aromatic rings. The summed E-state index contributed by atoms with van der Waals surface area (Å²) in [6.07, 6.45) is 2.05. The summed E-state index contributed by atoms with van der Waals surface area (Å²) in [5.41, 5.74) is 2.48. The summed E-state index contributed by atoms with van der Waals surface area (Å²) in [4.78, 5) is 24.9. The lowest BCUT2D eigenvalue weighted by molar-refractivity contribution is -0.910. The van der Waals surface area contributed by atoms with Crippen molar-refractivity contribution in [1.82, 2.24) is 0 Å². The highest BCUT2D eigenvalue weighted by Gasteiger charge is 2.34. The van der Waals surface area contributed by atoms with Crippen LogP contribution < -0.4 is 25.0 Å². The van der Waals surface area contributed by atoms with Gasteiger partial charge >= 0.3 is 0 Å². The first-order chi connectivity index (χ1) is 14.0. The standard InChI is InChI=1S/C22H27N3O4/c1-15(26)23-16-6-8-17(9-7-16)24-22(27)14-25-12-4-5-20(25)19-13-18(28-2)10-11-21(19)29-3/h6-11,13,20H,4-5,12,14H2,1-3H3,(H,23,26)(H,24,27)/p+1/t20-/m0/s1. The Bertz CT molecular complexity index is 867. The largest absolute Gasteiger partial charge is 0.497 e. The summed E-state index contributed by atoms with van der Waals surface area (Å²) in [7, 11) is 3.31. The summed E-state index contributed by atoms with van der Waals surface area (Å²) in [5, 5.41) is 5.65. The van der Waals surface area contributed by atoms with Crippen molar-refractivity contribution in [2.75, 3.05) is 37.9 Å². The molecule has 3 N–H and O–H groups in total. The lowest BCUT2D eigenvalue weighted by Crippen LogP contribution is -3.11. The molecule has 1 aliphatic rings. The van der Waals surface area contributed by atoms with Crippen molar-refractivity contribution in [3.05, 3.63) is 48.0 Å². The molecule has 3 rings (SSSR count). The number of likely N-dealkylation sites (tertiary alicyclic amines) is 1. The average Bonchev–Trinajstić information content (AvgIpc) is 3.16. The summed E-state index contributed by atoms with van der Waals surface area (Å²) in [6.45, 7) is 2.76. The molecule has 154 valence electrons. The van der Waals surface area contributed by atoms with Crippen LogP contribution >= 0.6 is 0 Å². The van der Waals surface area contributed by atoms with E-state index in [4.69, 9.17) is 9.47 Å². The number of quaternary nitrogens is 1. The Morgan fingerprint density at radius 2 is 1.72 bits per heavy atom. The van der Waals surface area contributed by atoms with Crippen LogP contribution in [0.5, 0.6) is 11.5 Å². The molecule has 1 heterocycles. The first-order valence-corrected chi connectivity index (χ1v) is 9.74. The molecular formula is C22H28N3O4+. The molecule has 0 spiro atoms. The van der Waals surface area contributed by atoms with Crippen LogP contribution in [0.15, 0.2) is 42.5 Å². The summed E-state index contributed by atoms with van der Waals surface area (Å²) >= 11 is 0. The van der Waals surface area contributed by atoms with Crippen LogP contribution in [0.1, 0.15) is 31.4 Å². The molecule has 7 heteroatoms. The minimum Gasteiger partial charge on any atom is -0.497 e. The number of methoxy groups -OCH3 is 2. The number of rotatable bonds is 7. The van der Waals surface area contributed by atoms with E-state index in [1.54, 1.807) is 38.5 Å². The fourth-order valence-electron chi connectivity index (χ4n) is 3.86. The van der Waals surface area contributed by atoms with Crippen molar-refractivity contribution in [3.8, 4) is 11.5 Å². The van der Waals surface area contributed by atoms with Crippen LogP contribution in [-0.4, -0.2) is 39.1 Å². The van der Waals surface area contributed by atoms with Gasteiger partial charge < -0.3 is 25.0 Å². The van der Waals surface area contributed by atoms with E-state index in [0.29, 0.717) is 17.9 Å². The van der Waals surface area contributed by atoms with E-state index < -0.39 is 0 Å². The molecule has 1 fully saturated rings. The quantitative estimate of drug-likeness (QED) is 0.667. The normalized spacial score (nSPS) is 18.2. The molecule has 0 aromatic heterocycles. The van der Waals surface area contributed by atoms with Gasteiger partial charge in [0, 0.05) is 31.1 Å². The van der Waals surface area contributed by atoms with Crippen LogP contribution in [-0.2, 0) is 9.59 Å². The maximum Gasteiger partial charge on any atom is 0.279 e. The highest BCUT2D eigenvalue weighted by atomic mass is 16.5. The van der Waals surface area contributed by atoms with Crippen molar-refractivity contribution < 1.29 is 24.0 Å². The van der Waals surface area contributed by atoms with E-state index >= 15 is 0 Å². The number of hydrogen-bond donors (Lipinski definition) is 3. The molecule has 2 atom stereocenters. The van der Waals surface area contributed by atoms with Gasteiger partial charge in [-0.15, -0.1) is 0 Å². The van der Waals surface area contributed by atoms with Gasteiger partial charge in [0.05, 0.1) is 26.3 Å². The van der Waals surface area contributed by atoms with Crippen LogP contribution in [0.4, 0.5) is 11.4 Å². The minimum atomic E-state index is -0.126. The predicted molar refractivity (Wildman–Crippen MR) is 112 cm³/mol. The number of carbonyl (C=O) groups excluding carboxylic acids is 2. The molecule has 0 radical (unpaired) electrons. The fraction of sp³-hybridized carbons (Fsp3) is 0.364. The Morgan fingerprint density at radius 3 is 2.34 bits per heavy atom. The van der Waals surface area contributed by atoms with Crippen molar-refractivity contribution in [1.29, 1.82) is 0 Å². The number of benzene rings is 2. The molecule has 1 unspecified atom stereocenters. The molecule has 0 saturated carbocycles. The lowest BCUT2D eigenvalue weighted by Gasteiger charge is -2.23. The van der Waals surface area contributed by atoms with Crippen molar-refractivity contribution >= 4 is 23.2 Å². The van der Waals surface area contributed by atoms with Gasteiger partial charge in [0.15, 0.2) is 6.54 Å². The van der Waals surface area contributed by atoms with Crippen molar-refractivity contribution in [3.63, 3.8) is 0 Å².